The minimum atomic E-state index is -0.476. The molecule has 0 spiro atoms. The van der Waals surface area contributed by atoms with Gasteiger partial charge >= 0.3 is 0 Å². The van der Waals surface area contributed by atoms with Crippen LogP contribution in [0, 0.1) is 13.8 Å². The smallest absolute Gasteiger partial charge is 0.261 e. The third kappa shape index (κ3) is 4.76. The van der Waals surface area contributed by atoms with Crippen LogP contribution in [0.15, 0.2) is 52.9 Å². The third-order valence-electron chi connectivity index (χ3n) is 4.94. The number of oxazole rings is 1. The van der Waals surface area contributed by atoms with Crippen LogP contribution in [0.4, 0.5) is 5.69 Å². The largest absolute Gasteiger partial charge is 0.507 e. The van der Waals surface area contributed by atoms with Gasteiger partial charge in [-0.1, -0.05) is 17.7 Å². The lowest BCUT2D eigenvalue weighted by atomic mass is 10.1. The van der Waals surface area contributed by atoms with E-state index < -0.39 is 5.91 Å². The SMILES string of the molecule is COc1ccc(Cl)cc1C(=O)NC(=S)Nc1ccc(O)c(-c2nc3cc(C)cc(C)c3o2)c1. The Bertz CT molecular complexity index is 1400. The molecule has 0 saturated carbocycles. The van der Waals surface area contributed by atoms with E-state index >= 15 is 0 Å². The Morgan fingerprint density at radius 3 is 2.70 bits per heavy atom. The molecular weight excluding hydrogens is 462 g/mol. The van der Waals surface area contributed by atoms with Gasteiger partial charge in [0.15, 0.2) is 10.7 Å². The number of benzene rings is 3. The molecule has 1 heterocycles. The number of nitrogens with zero attached hydrogens (tertiary/aromatic N) is 1. The zero-order valence-corrected chi connectivity index (χ0v) is 19.6. The van der Waals surface area contributed by atoms with Crippen molar-refractivity contribution in [1.82, 2.24) is 10.3 Å². The highest BCUT2D eigenvalue weighted by atomic mass is 35.5. The molecule has 1 amide bonds. The number of aryl methyl sites for hydroxylation is 2. The maximum Gasteiger partial charge on any atom is 0.261 e. The molecule has 3 N–H and O–H groups in total. The van der Waals surface area contributed by atoms with Crippen molar-refractivity contribution in [1.29, 1.82) is 0 Å². The summed E-state index contributed by atoms with van der Waals surface area (Å²) in [6.07, 6.45) is 0. The van der Waals surface area contributed by atoms with Crippen LogP contribution in [0.1, 0.15) is 21.5 Å². The third-order valence-corrected chi connectivity index (χ3v) is 5.38. The van der Waals surface area contributed by atoms with Crippen LogP contribution < -0.4 is 15.4 Å². The van der Waals surface area contributed by atoms with E-state index in [2.05, 4.69) is 15.6 Å². The first-order chi connectivity index (χ1) is 15.7. The molecule has 0 fully saturated rings. The molecule has 0 radical (unpaired) electrons. The van der Waals surface area contributed by atoms with E-state index in [9.17, 15) is 9.90 Å². The normalized spacial score (nSPS) is 10.8. The zero-order valence-electron chi connectivity index (χ0n) is 18.0. The van der Waals surface area contributed by atoms with Crippen LogP contribution >= 0.6 is 23.8 Å². The fourth-order valence-corrected chi connectivity index (χ4v) is 3.85. The maximum absolute atomic E-state index is 12.6. The second kappa shape index (κ2) is 9.09. The van der Waals surface area contributed by atoms with Gasteiger partial charge in [0.2, 0.25) is 5.89 Å². The van der Waals surface area contributed by atoms with Crippen molar-refractivity contribution in [2.45, 2.75) is 13.8 Å². The Labute approximate surface area is 200 Å². The number of hydrogen-bond donors (Lipinski definition) is 3. The van der Waals surface area contributed by atoms with Crippen LogP contribution in [0.2, 0.25) is 5.02 Å². The number of aromatic nitrogens is 1. The second-order valence-corrected chi connectivity index (χ2v) is 8.28. The van der Waals surface area contributed by atoms with Gasteiger partial charge in [-0.3, -0.25) is 10.1 Å². The summed E-state index contributed by atoms with van der Waals surface area (Å²) in [5.41, 5.74) is 4.55. The number of fused-ring (bicyclic) bond motifs is 1. The summed E-state index contributed by atoms with van der Waals surface area (Å²) in [7, 11) is 1.46. The van der Waals surface area contributed by atoms with Crippen LogP contribution in [0.25, 0.3) is 22.6 Å². The van der Waals surface area contributed by atoms with Crippen LogP contribution in [0.3, 0.4) is 0 Å². The van der Waals surface area contributed by atoms with E-state index in [0.29, 0.717) is 33.1 Å². The van der Waals surface area contributed by atoms with Gasteiger partial charge in [-0.05, 0) is 79.7 Å². The van der Waals surface area contributed by atoms with Gasteiger partial charge in [0.1, 0.15) is 17.0 Å². The number of carbonyl (C=O) groups excluding carboxylic acids is 1. The van der Waals surface area contributed by atoms with Crippen LogP contribution in [-0.2, 0) is 0 Å². The minimum absolute atomic E-state index is 0.0000915. The van der Waals surface area contributed by atoms with Gasteiger partial charge in [0.25, 0.3) is 5.91 Å². The van der Waals surface area contributed by atoms with Crippen LogP contribution in [0.5, 0.6) is 11.5 Å². The van der Waals surface area contributed by atoms with Crippen molar-refractivity contribution >= 4 is 51.6 Å². The zero-order chi connectivity index (χ0) is 23.7. The molecule has 9 heteroatoms. The Hall–Kier alpha value is -3.62. The molecule has 33 heavy (non-hydrogen) atoms. The summed E-state index contributed by atoms with van der Waals surface area (Å²) in [5.74, 6) is 0.169. The lowest BCUT2D eigenvalue weighted by molar-refractivity contribution is 0.0974. The van der Waals surface area contributed by atoms with Gasteiger partial charge in [-0.15, -0.1) is 0 Å². The van der Waals surface area contributed by atoms with Crippen molar-refractivity contribution in [3.8, 4) is 23.0 Å². The van der Waals surface area contributed by atoms with E-state index in [1.54, 1.807) is 24.3 Å². The summed E-state index contributed by atoms with van der Waals surface area (Å²) in [5, 5.41) is 16.4. The first-order valence-corrected chi connectivity index (χ1v) is 10.7. The number of anilines is 1. The molecule has 0 aliphatic rings. The number of methoxy groups -OCH3 is 1. The number of amides is 1. The monoisotopic (exact) mass is 481 g/mol. The Kier molecular flexibility index (Phi) is 6.22. The van der Waals surface area contributed by atoms with Gasteiger partial charge in [-0.2, -0.15) is 0 Å². The summed E-state index contributed by atoms with van der Waals surface area (Å²) < 4.78 is 11.1. The molecule has 3 aromatic carbocycles. The lowest BCUT2D eigenvalue weighted by Crippen LogP contribution is -2.34. The average Bonchev–Trinajstić information content (AvgIpc) is 3.19. The Balaban J connectivity index is 1.56. The number of halogens is 1. The van der Waals surface area contributed by atoms with Crippen molar-refractivity contribution < 1.29 is 19.1 Å². The highest BCUT2D eigenvalue weighted by Crippen LogP contribution is 2.34. The first kappa shape index (κ1) is 22.6. The van der Waals surface area contributed by atoms with Gasteiger partial charge in [-0.25, -0.2) is 4.98 Å². The Morgan fingerprint density at radius 1 is 1.15 bits per heavy atom. The molecule has 0 unspecified atom stereocenters. The molecule has 0 atom stereocenters. The van der Waals surface area contributed by atoms with E-state index in [-0.39, 0.29) is 22.3 Å². The van der Waals surface area contributed by atoms with Gasteiger partial charge in [0, 0.05) is 10.7 Å². The molecule has 168 valence electrons. The topological polar surface area (TPSA) is 96.6 Å². The molecule has 0 aliphatic heterocycles. The van der Waals surface area contributed by atoms with E-state index in [1.165, 1.54) is 19.2 Å². The van der Waals surface area contributed by atoms with Crippen LogP contribution in [-0.4, -0.2) is 28.2 Å². The predicted octanol–water partition coefficient (Wildman–Crippen LogP) is 5.61. The standard InChI is InChI=1S/C24H20ClN3O4S/c1-12-8-13(2)21-18(9-12)27-23(32-21)16-11-15(5-6-19(16)29)26-24(33)28-22(30)17-10-14(25)4-7-20(17)31-3/h4-11,29H,1-3H3,(H2,26,28,30,33). The molecule has 7 nitrogen and oxygen atoms in total. The first-order valence-electron chi connectivity index (χ1n) is 9.92. The van der Waals surface area contributed by atoms with Crippen molar-refractivity contribution in [3.05, 3.63) is 70.2 Å². The maximum atomic E-state index is 12.6. The quantitative estimate of drug-likeness (QED) is 0.257. The van der Waals surface area contributed by atoms with E-state index in [4.69, 9.17) is 33.0 Å². The average molecular weight is 482 g/mol. The Morgan fingerprint density at radius 2 is 1.94 bits per heavy atom. The fourth-order valence-electron chi connectivity index (χ4n) is 3.47. The number of rotatable bonds is 4. The number of thiocarbonyl (C=S) groups is 1. The van der Waals surface area contributed by atoms with Gasteiger partial charge < -0.3 is 19.6 Å². The summed E-state index contributed by atoms with van der Waals surface area (Å²) in [6.45, 7) is 3.93. The number of ether oxygens (including phenoxy) is 1. The highest BCUT2D eigenvalue weighted by molar-refractivity contribution is 7.80. The number of carbonyl (C=O) groups is 1. The molecular formula is C24H20ClN3O4S. The summed E-state index contributed by atoms with van der Waals surface area (Å²) in [6, 6.07) is 13.4. The van der Waals surface area contributed by atoms with E-state index in [1.807, 2.05) is 26.0 Å². The molecule has 0 saturated heterocycles. The molecule has 0 bridgehead atoms. The van der Waals surface area contributed by atoms with Crippen molar-refractivity contribution in [3.63, 3.8) is 0 Å². The molecule has 1 aromatic heterocycles. The number of phenolic OH excluding ortho intramolecular Hbond substituents is 1. The number of hydrogen-bond acceptors (Lipinski definition) is 6. The summed E-state index contributed by atoms with van der Waals surface area (Å²) >= 11 is 11.3. The number of nitrogens with one attached hydrogen (secondary N) is 2. The van der Waals surface area contributed by atoms with Crippen molar-refractivity contribution in [2.75, 3.05) is 12.4 Å². The lowest BCUT2D eigenvalue weighted by Gasteiger charge is -2.12. The minimum Gasteiger partial charge on any atom is -0.507 e. The number of phenols is 1. The van der Waals surface area contributed by atoms with Gasteiger partial charge in [0.05, 0.1) is 18.2 Å². The summed E-state index contributed by atoms with van der Waals surface area (Å²) in [4.78, 5) is 17.2. The highest BCUT2D eigenvalue weighted by Gasteiger charge is 2.17. The second-order valence-electron chi connectivity index (χ2n) is 7.43. The molecule has 4 rings (SSSR count). The van der Waals surface area contributed by atoms with Crippen molar-refractivity contribution in [2.24, 2.45) is 0 Å². The van der Waals surface area contributed by atoms with E-state index in [0.717, 1.165) is 11.1 Å². The predicted molar refractivity (Wildman–Crippen MR) is 132 cm³/mol. The number of aromatic hydroxyl groups is 1. The molecule has 0 aliphatic carbocycles. The molecule has 4 aromatic rings. The fraction of sp³-hybridized carbons (Fsp3) is 0.125.